The minimum Gasteiger partial charge on any atom is -0.265 e. The van der Waals surface area contributed by atoms with Gasteiger partial charge in [-0.05, 0) is 276 Å². The van der Waals surface area contributed by atoms with Crippen LogP contribution in [0.3, 0.4) is 0 Å². The highest BCUT2D eigenvalue weighted by atomic mass is 14.9. The largest absolute Gasteiger partial charge is 0.265 e. The van der Waals surface area contributed by atoms with Gasteiger partial charge in [0.2, 0.25) is 0 Å². The van der Waals surface area contributed by atoms with E-state index in [9.17, 15) is 0 Å². The van der Waals surface area contributed by atoms with E-state index in [1.54, 1.807) is 0 Å². The molecule has 0 bridgehead atoms. The predicted octanol–water partition coefficient (Wildman–Crippen LogP) is 31.5. The van der Waals surface area contributed by atoms with Crippen LogP contribution in [0, 0.1) is 0 Å². The van der Waals surface area contributed by atoms with Gasteiger partial charge in [0.05, 0.1) is 0 Å². The van der Waals surface area contributed by atoms with Crippen molar-refractivity contribution in [2.24, 2.45) is 0 Å². The second kappa shape index (κ2) is 29.7. The van der Waals surface area contributed by atoms with Crippen molar-refractivity contribution in [1.82, 2.24) is 19.9 Å². The van der Waals surface area contributed by atoms with E-state index in [0.717, 1.165) is 27.7 Å². The highest BCUT2D eigenvalue weighted by molar-refractivity contribution is 6.25. The van der Waals surface area contributed by atoms with E-state index in [-0.39, 0.29) is 16.2 Å². The first-order valence-electron chi connectivity index (χ1n) is 42.8. The fourth-order valence-corrected chi connectivity index (χ4v) is 20.8. The molecule has 0 saturated heterocycles. The van der Waals surface area contributed by atoms with Gasteiger partial charge in [-0.25, -0.2) is 9.97 Å². The Kier molecular flexibility index (Phi) is 17.9. The van der Waals surface area contributed by atoms with E-state index in [2.05, 4.69) is 415 Å². The zero-order valence-electron chi connectivity index (χ0n) is 69.5. The monoisotopic (exact) mass is 1570 g/mol. The van der Waals surface area contributed by atoms with Gasteiger partial charge in [0, 0.05) is 64.6 Å². The van der Waals surface area contributed by atoms with Crippen LogP contribution in [0.4, 0.5) is 0 Å². The molecule has 0 radical (unpaired) electrons. The molecule has 0 spiro atoms. The molecule has 21 aromatic rings. The maximum absolute atomic E-state index is 4.71. The molecule has 4 nitrogen and oxygen atoms in total. The maximum atomic E-state index is 4.71. The van der Waals surface area contributed by atoms with E-state index >= 15 is 0 Å². The van der Waals surface area contributed by atoms with Gasteiger partial charge >= 0.3 is 0 Å². The van der Waals surface area contributed by atoms with Crippen LogP contribution in [0.25, 0.3) is 198 Å². The standard InChI is InChI=1S/2C40H29N.C39H28N2/c1-40(2)36-17-9-8-14-30(36)34-24-28(19-21-37(34)40)38-31-15-6-7-16-32(31)39(29-13-10-22-41-25-29)33-20-18-27(23-35(33)38)26-11-4-3-5-12-26;1-40(2)36-15-9-8-12-30(36)34-25-29(17-19-37(34)40)39-32-14-7-6-13-31(32)38(27-20-22-41-23-21-27)33-18-16-28(24-35(33)39)26-10-4-3-5-11-26;1-39(2)34-16-9-8-13-28(34)32-24-27(18-20-35(32)39)36-29-14-6-7-15-30(29)37(38-40-21-10-22-41-38)31-19-17-26(23-33(31)36)25-11-4-3-5-12-25/h2*3-25H,1-2H3;3-24H,1-2H3. The number of hydrogen-bond acceptors (Lipinski definition) is 4. The Morgan fingerprint density at radius 2 is 0.447 bits per heavy atom. The van der Waals surface area contributed by atoms with Gasteiger partial charge in [-0.3, -0.25) is 9.97 Å². The van der Waals surface area contributed by atoms with Crippen LogP contribution in [0.15, 0.2) is 413 Å². The molecule has 123 heavy (non-hydrogen) atoms. The number of fused-ring (bicyclic) bond motifs is 15. The SMILES string of the molecule is CC1(C)c2ccccc2-c2cc(-c3c4ccccc4c(-c4cccnc4)c4ccc(-c5ccccc5)cc34)ccc21.CC1(C)c2ccccc2-c2cc(-c3c4ccccc4c(-c4ccncc4)c4ccc(-c5ccccc5)cc34)ccc21.CC1(C)c2ccccc2-c2cc(-c3c4ccccc4c(-c4ncccn4)c4ccc(-c5ccccc5)cc34)ccc21. The molecule has 3 aliphatic rings. The molecular weight excluding hydrogens is 1490 g/mol. The lowest BCUT2D eigenvalue weighted by atomic mass is 9.81. The number of aromatic nitrogens is 4. The van der Waals surface area contributed by atoms with Crippen LogP contribution in [-0.2, 0) is 16.2 Å². The average molecular weight is 1570 g/mol. The summed E-state index contributed by atoms with van der Waals surface area (Å²) >= 11 is 0. The molecule has 3 heterocycles. The summed E-state index contributed by atoms with van der Waals surface area (Å²) in [6, 6.07) is 138. The fraction of sp³-hybridized carbons (Fsp3) is 0.0756. The van der Waals surface area contributed by atoms with Gasteiger partial charge in [-0.1, -0.05) is 357 Å². The Morgan fingerprint density at radius 1 is 0.163 bits per heavy atom. The van der Waals surface area contributed by atoms with Crippen molar-refractivity contribution >= 4 is 64.6 Å². The number of hydrogen-bond donors (Lipinski definition) is 0. The molecule has 24 rings (SSSR count). The van der Waals surface area contributed by atoms with Crippen molar-refractivity contribution in [1.29, 1.82) is 0 Å². The summed E-state index contributed by atoms with van der Waals surface area (Å²) in [6.07, 6.45) is 11.3. The van der Waals surface area contributed by atoms with Gasteiger partial charge in [0.1, 0.15) is 0 Å². The average Bonchev–Trinajstić information content (AvgIpc) is 1.71. The molecule has 0 atom stereocenters. The Bertz CT molecular complexity index is 7050. The summed E-state index contributed by atoms with van der Waals surface area (Å²) in [7, 11) is 0. The quantitative estimate of drug-likeness (QED) is 0.135. The van der Waals surface area contributed by atoms with E-state index in [1.807, 2.05) is 49.3 Å². The highest BCUT2D eigenvalue weighted by Crippen LogP contribution is 2.56. The Morgan fingerprint density at radius 3 is 0.805 bits per heavy atom. The lowest BCUT2D eigenvalue weighted by Gasteiger charge is -2.22. The molecule has 0 saturated carbocycles. The van der Waals surface area contributed by atoms with Crippen molar-refractivity contribution < 1.29 is 0 Å². The second-order valence-electron chi connectivity index (χ2n) is 34.6. The highest BCUT2D eigenvalue weighted by Gasteiger charge is 2.39. The van der Waals surface area contributed by atoms with Gasteiger partial charge in [-0.2, -0.15) is 0 Å². The number of pyridine rings is 2. The predicted molar refractivity (Wildman–Crippen MR) is 517 cm³/mol. The van der Waals surface area contributed by atoms with Crippen LogP contribution < -0.4 is 0 Å². The summed E-state index contributed by atoms with van der Waals surface area (Å²) in [5, 5.41) is 14.8. The summed E-state index contributed by atoms with van der Waals surface area (Å²) in [5.41, 5.74) is 37.1. The van der Waals surface area contributed by atoms with Crippen LogP contribution in [0.2, 0.25) is 0 Å². The van der Waals surface area contributed by atoms with Crippen molar-refractivity contribution in [2.45, 2.75) is 57.8 Å². The first-order chi connectivity index (χ1) is 60.3. The van der Waals surface area contributed by atoms with Crippen LogP contribution >= 0.6 is 0 Å². The first-order valence-corrected chi connectivity index (χ1v) is 42.8. The molecule has 3 aliphatic carbocycles. The molecule has 0 aliphatic heterocycles. The van der Waals surface area contributed by atoms with Crippen molar-refractivity contribution in [3.63, 3.8) is 0 Å². The summed E-state index contributed by atoms with van der Waals surface area (Å²) in [6.45, 7) is 14.1. The Labute approximate surface area is 717 Å². The number of nitrogens with zero attached hydrogens (tertiary/aromatic N) is 4. The molecule has 18 aromatic carbocycles. The summed E-state index contributed by atoms with van der Waals surface area (Å²) in [4.78, 5) is 18.2. The van der Waals surface area contributed by atoms with E-state index < -0.39 is 0 Å². The number of benzene rings is 18. The molecule has 0 fully saturated rings. The van der Waals surface area contributed by atoms with Crippen LogP contribution in [0.1, 0.15) is 74.9 Å². The van der Waals surface area contributed by atoms with Gasteiger partial charge in [0.15, 0.2) is 5.82 Å². The van der Waals surface area contributed by atoms with Crippen molar-refractivity contribution in [3.8, 4) is 134 Å². The molecule has 3 aromatic heterocycles. The Hall–Kier alpha value is -15.1. The summed E-state index contributed by atoms with van der Waals surface area (Å²) in [5.74, 6) is 0.748. The zero-order valence-corrected chi connectivity index (χ0v) is 69.5. The van der Waals surface area contributed by atoms with Gasteiger partial charge in [0.25, 0.3) is 0 Å². The molecular formula is C119H86N4. The lowest BCUT2D eigenvalue weighted by molar-refractivity contribution is 0.660. The third-order valence-electron chi connectivity index (χ3n) is 26.7. The third kappa shape index (κ3) is 12.3. The molecule has 0 amide bonds. The van der Waals surface area contributed by atoms with E-state index in [0.29, 0.717) is 0 Å². The molecule has 0 unspecified atom stereocenters. The maximum Gasteiger partial charge on any atom is 0.160 e. The minimum atomic E-state index is -0.0242. The molecule has 4 heteroatoms. The van der Waals surface area contributed by atoms with E-state index in [1.165, 1.54) is 204 Å². The van der Waals surface area contributed by atoms with Crippen LogP contribution in [-0.4, -0.2) is 19.9 Å². The smallest absolute Gasteiger partial charge is 0.160 e. The van der Waals surface area contributed by atoms with Crippen molar-refractivity contribution in [2.75, 3.05) is 0 Å². The summed E-state index contributed by atoms with van der Waals surface area (Å²) < 4.78 is 0. The normalized spacial score (nSPS) is 13.3. The van der Waals surface area contributed by atoms with E-state index in [4.69, 9.17) is 9.97 Å². The van der Waals surface area contributed by atoms with Crippen molar-refractivity contribution in [3.05, 3.63) is 447 Å². The molecule has 0 N–H and O–H groups in total. The lowest BCUT2D eigenvalue weighted by Crippen LogP contribution is -2.14. The minimum absolute atomic E-state index is 0.0136. The topological polar surface area (TPSA) is 51.6 Å². The number of rotatable bonds is 9. The Balaban J connectivity index is 0.000000110. The second-order valence-corrected chi connectivity index (χ2v) is 34.6. The van der Waals surface area contributed by atoms with Gasteiger partial charge < -0.3 is 0 Å². The van der Waals surface area contributed by atoms with Crippen LogP contribution in [0.5, 0.6) is 0 Å². The fourth-order valence-electron chi connectivity index (χ4n) is 20.8. The third-order valence-corrected chi connectivity index (χ3v) is 26.7. The zero-order chi connectivity index (χ0) is 82.7. The molecule has 582 valence electrons. The first kappa shape index (κ1) is 74.2. The van der Waals surface area contributed by atoms with Gasteiger partial charge in [-0.15, -0.1) is 0 Å².